The van der Waals surface area contributed by atoms with E-state index in [1.165, 1.54) is 14.0 Å². The highest BCUT2D eigenvalue weighted by Crippen LogP contribution is 2.27. The molecule has 0 amide bonds. The lowest BCUT2D eigenvalue weighted by molar-refractivity contribution is -0.132. The van der Waals surface area contributed by atoms with Crippen LogP contribution in [0, 0.1) is 0 Å². The first kappa shape index (κ1) is 20.5. The molecule has 0 aliphatic heterocycles. The van der Waals surface area contributed by atoms with Crippen molar-refractivity contribution < 1.29 is 14.3 Å². The first-order valence-corrected chi connectivity index (χ1v) is 8.99. The summed E-state index contributed by atoms with van der Waals surface area (Å²) in [7, 11) is 3.21. The number of benzene rings is 2. The first-order chi connectivity index (χ1) is 14.6. The van der Waals surface area contributed by atoms with Crippen molar-refractivity contribution in [3.63, 3.8) is 0 Å². The number of hydrogen-bond donors (Lipinski definition) is 3. The van der Waals surface area contributed by atoms with Crippen LogP contribution in [0.2, 0.25) is 0 Å². The second kappa shape index (κ2) is 9.82. The number of nitrogens with one attached hydrogen (secondary N) is 3. The molecule has 2 aromatic carbocycles. The summed E-state index contributed by atoms with van der Waals surface area (Å²) in [5, 5.41) is 10.2. The molecular formula is C20H21N7O3. The van der Waals surface area contributed by atoms with E-state index in [9.17, 15) is 4.79 Å². The Bertz CT molecular complexity index is 1040. The predicted octanol–water partition coefficient (Wildman–Crippen LogP) is 3.04. The second-order valence-electron chi connectivity index (χ2n) is 5.92. The van der Waals surface area contributed by atoms with Crippen LogP contribution < -0.4 is 25.5 Å². The predicted molar refractivity (Wildman–Crippen MR) is 115 cm³/mol. The van der Waals surface area contributed by atoms with E-state index in [4.69, 9.17) is 9.47 Å². The zero-order valence-corrected chi connectivity index (χ0v) is 16.7. The third-order valence-corrected chi connectivity index (χ3v) is 3.71. The monoisotopic (exact) mass is 407 g/mol. The Morgan fingerprint density at radius 1 is 1.00 bits per heavy atom. The van der Waals surface area contributed by atoms with Crippen LogP contribution in [-0.4, -0.2) is 41.3 Å². The zero-order chi connectivity index (χ0) is 21.3. The quantitative estimate of drug-likeness (QED) is 0.224. The highest BCUT2D eigenvalue weighted by molar-refractivity contribution is 5.82. The van der Waals surface area contributed by atoms with Crippen molar-refractivity contribution in [1.29, 1.82) is 0 Å². The molecule has 0 radical (unpaired) electrons. The molecule has 154 valence electrons. The normalized spacial score (nSPS) is 10.5. The second-order valence-corrected chi connectivity index (χ2v) is 5.92. The van der Waals surface area contributed by atoms with Crippen molar-refractivity contribution in [3.05, 3.63) is 54.1 Å². The SMILES string of the molecule is CNc1nc(N/N=C\c2ccc(OC(C)=O)c(OC)c2)nc(Nc2ccccc2)n1. The molecule has 0 atom stereocenters. The maximum atomic E-state index is 11.1. The number of esters is 1. The summed E-state index contributed by atoms with van der Waals surface area (Å²) in [6.45, 7) is 1.33. The van der Waals surface area contributed by atoms with Gasteiger partial charge in [0, 0.05) is 19.7 Å². The molecule has 0 fully saturated rings. The first-order valence-electron chi connectivity index (χ1n) is 8.99. The van der Waals surface area contributed by atoms with Crippen molar-refractivity contribution in [1.82, 2.24) is 15.0 Å². The summed E-state index contributed by atoms with van der Waals surface area (Å²) in [5.41, 5.74) is 4.35. The molecule has 3 aromatic rings. The van der Waals surface area contributed by atoms with Crippen LogP contribution >= 0.6 is 0 Å². The van der Waals surface area contributed by atoms with Crippen molar-refractivity contribution in [3.8, 4) is 11.5 Å². The van der Waals surface area contributed by atoms with Crippen LogP contribution in [-0.2, 0) is 4.79 Å². The van der Waals surface area contributed by atoms with E-state index in [1.807, 2.05) is 30.3 Å². The van der Waals surface area contributed by atoms with Gasteiger partial charge in [-0.2, -0.15) is 20.1 Å². The molecule has 0 aliphatic rings. The molecule has 0 unspecified atom stereocenters. The van der Waals surface area contributed by atoms with E-state index < -0.39 is 5.97 Å². The van der Waals surface area contributed by atoms with Gasteiger partial charge in [0.1, 0.15) is 0 Å². The third-order valence-electron chi connectivity index (χ3n) is 3.71. The van der Waals surface area contributed by atoms with Gasteiger partial charge >= 0.3 is 5.97 Å². The smallest absolute Gasteiger partial charge is 0.308 e. The number of hydrazone groups is 1. The van der Waals surface area contributed by atoms with Gasteiger partial charge in [-0.1, -0.05) is 18.2 Å². The number of ether oxygens (including phenoxy) is 2. The van der Waals surface area contributed by atoms with Gasteiger partial charge in [0.05, 0.1) is 13.3 Å². The molecule has 0 spiro atoms. The lowest BCUT2D eigenvalue weighted by Crippen LogP contribution is -2.07. The number of aromatic nitrogens is 3. The van der Waals surface area contributed by atoms with E-state index in [-0.39, 0.29) is 5.95 Å². The Balaban J connectivity index is 1.73. The number of rotatable bonds is 8. The lowest BCUT2D eigenvalue weighted by Gasteiger charge is -2.09. The Kier molecular flexibility index (Phi) is 6.72. The van der Waals surface area contributed by atoms with Gasteiger partial charge in [-0.25, -0.2) is 5.43 Å². The fourth-order valence-corrected chi connectivity index (χ4v) is 2.41. The topological polar surface area (TPSA) is 123 Å². The van der Waals surface area contributed by atoms with Gasteiger partial charge in [-0.3, -0.25) is 4.79 Å². The molecule has 0 bridgehead atoms. The fourth-order valence-electron chi connectivity index (χ4n) is 2.41. The standard InChI is InChI=1S/C20H21N7O3/c1-13(28)30-16-10-9-14(11-17(16)29-3)12-22-27-20-25-18(21-2)24-19(26-20)23-15-7-5-4-6-8-15/h4-12H,1-3H3,(H3,21,23,24,25,26,27)/b22-12-. The van der Waals surface area contributed by atoms with E-state index in [0.717, 1.165) is 11.3 Å². The summed E-state index contributed by atoms with van der Waals surface area (Å²) >= 11 is 0. The summed E-state index contributed by atoms with van der Waals surface area (Å²) in [5.74, 6) is 1.34. The van der Waals surface area contributed by atoms with Crippen LogP contribution in [0.5, 0.6) is 11.5 Å². The highest BCUT2D eigenvalue weighted by atomic mass is 16.6. The maximum Gasteiger partial charge on any atom is 0.308 e. The molecule has 3 N–H and O–H groups in total. The molecule has 1 aromatic heterocycles. The minimum absolute atomic E-state index is 0.257. The van der Waals surface area contributed by atoms with E-state index >= 15 is 0 Å². The lowest BCUT2D eigenvalue weighted by atomic mass is 10.2. The summed E-state index contributed by atoms with van der Waals surface area (Å²) in [4.78, 5) is 24.0. The number of carbonyl (C=O) groups excluding carboxylic acids is 1. The van der Waals surface area contributed by atoms with Crippen LogP contribution in [0.25, 0.3) is 0 Å². The van der Waals surface area contributed by atoms with E-state index in [2.05, 4.69) is 36.1 Å². The molecule has 0 saturated carbocycles. The molecule has 1 heterocycles. The average molecular weight is 407 g/mol. The molecule has 0 saturated heterocycles. The molecule has 0 aliphatic carbocycles. The fraction of sp³-hybridized carbons (Fsp3) is 0.150. The minimum Gasteiger partial charge on any atom is -0.493 e. The third kappa shape index (κ3) is 5.64. The Morgan fingerprint density at radius 3 is 2.43 bits per heavy atom. The van der Waals surface area contributed by atoms with Crippen LogP contribution in [0.3, 0.4) is 0 Å². The summed E-state index contributed by atoms with van der Waals surface area (Å²) in [6, 6.07) is 14.6. The van der Waals surface area contributed by atoms with Gasteiger partial charge < -0.3 is 20.1 Å². The van der Waals surface area contributed by atoms with Crippen molar-refractivity contribution in [2.75, 3.05) is 30.2 Å². The van der Waals surface area contributed by atoms with Gasteiger partial charge in [0.2, 0.25) is 17.8 Å². The largest absolute Gasteiger partial charge is 0.493 e. The van der Waals surface area contributed by atoms with E-state index in [0.29, 0.717) is 23.4 Å². The van der Waals surface area contributed by atoms with Crippen molar-refractivity contribution in [2.45, 2.75) is 6.92 Å². The Morgan fingerprint density at radius 2 is 1.73 bits per heavy atom. The maximum absolute atomic E-state index is 11.1. The van der Waals surface area contributed by atoms with Gasteiger partial charge in [0.15, 0.2) is 11.5 Å². The number of hydrogen-bond acceptors (Lipinski definition) is 10. The molecular weight excluding hydrogens is 386 g/mol. The van der Waals surface area contributed by atoms with Gasteiger partial charge in [-0.05, 0) is 35.9 Å². The number of anilines is 4. The minimum atomic E-state index is -0.425. The molecule has 30 heavy (non-hydrogen) atoms. The van der Waals surface area contributed by atoms with Gasteiger partial charge in [-0.15, -0.1) is 0 Å². The van der Waals surface area contributed by atoms with E-state index in [1.54, 1.807) is 31.5 Å². The Hall–Kier alpha value is -4.21. The molecule has 10 nitrogen and oxygen atoms in total. The molecule has 10 heteroatoms. The number of para-hydroxylation sites is 1. The zero-order valence-electron chi connectivity index (χ0n) is 16.7. The van der Waals surface area contributed by atoms with Crippen LogP contribution in [0.1, 0.15) is 12.5 Å². The summed E-state index contributed by atoms with van der Waals surface area (Å²) < 4.78 is 10.3. The number of nitrogens with zero attached hydrogens (tertiary/aromatic N) is 4. The highest BCUT2D eigenvalue weighted by Gasteiger charge is 2.08. The van der Waals surface area contributed by atoms with Crippen LogP contribution in [0.4, 0.5) is 23.5 Å². The van der Waals surface area contributed by atoms with Crippen molar-refractivity contribution in [2.24, 2.45) is 5.10 Å². The summed E-state index contributed by atoms with van der Waals surface area (Å²) in [6.07, 6.45) is 1.56. The number of carbonyl (C=O) groups is 1. The Labute approximate surface area is 173 Å². The number of methoxy groups -OCH3 is 1. The average Bonchev–Trinajstić information content (AvgIpc) is 2.75. The molecule has 3 rings (SSSR count). The van der Waals surface area contributed by atoms with Gasteiger partial charge in [0.25, 0.3) is 0 Å². The van der Waals surface area contributed by atoms with Crippen molar-refractivity contribution >= 4 is 35.7 Å². The van der Waals surface area contributed by atoms with Crippen LogP contribution in [0.15, 0.2) is 53.6 Å².